The van der Waals surface area contributed by atoms with Crippen LogP contribution >= 0.6 is 0 Å². The maximum atomic E-state index is 11.7. The summed E-state index contributed by atoms with van der Waals surface area (Å²) in [7, 11) is 0. The van der Waals surface area contributed by atoms with Gasteiger partial charge in [0.2, 0.25) is 5.91 Å². The van der Waals surface area contributed by atoms with Crippen LogP contribution < -0.4 is 11.1 Å². The lowest BCUT2D eigenvalue weighted by Gasteiger charge is -2.18. The van der Waals surface area contributed by atoms with E-state index < -0.39 is 0 Å². The fourth-order valence-electron chi connectivity index (χ4n) is 2.10. The third kappa shape index (κ3) is 1.91. The standard InChI is InChI=1S/C12H14N2O2/c1-7(15)14-9-5-8-3-2-4-11(16)12(8)10(13)6-9/h5-6H,2-4,13H2,1H3,(H,14,15). The molecule has 1 aliphatic carbocycles. The molecule has 1 aromatic carbocycles. The summed E-state index contributed by atoms with van der Waals surface area (Å²) in [6.07, 6.45) is 2.27. The van der Waals surface area contributed by atoms with Gasteiger partial charge in [-0.3, -0.25) is 9.59 Å². The fraction of sp³-hybridized carbons (Fsp3) is 0.333. The number of hydrogen-bond donors (Lipinski definition) is 2. The number of nitrogens with one attached hydrogen (secondary N) is 1. The van der Waals surface area contributed by atoms with Gasteiger partial charge in [-0.15, -0.1) is 0 Å². The van der Waals surface area contributed by atoms with Gasteiger partial charge < -0.3 is 11.1 Å². The molecule has 3 N–H and O–H groups in total. The van der Waals surface area contributed by atoms with E-state index in [9.17, 15) is 9.59 Å². The van der Waals surface area contributed by atoms with Crippen molar-refractivity contribution in [2.24, 2.45) is 0 Å². The maximum absolute atomic E-state index is 11.7. The molecule has 84 valence electrons. The third-order valence-electron chi connectivity index (χ3n) is 2.70. The second-order valence-electron chi connectivity index (χ2n) is 4.06. The highest BCUT2D eigenvalue weighted by atomic mass is 16.1. The first-order valence-corrected chi connectivity index (χ1v) is 5.31. The van der Waals surface area contributed by atoms with Crippen LogP contribution in [0.1, 0.15) is 35.7 Å². The second kappa shape index (κ2) is 3.96. The highest BCUT2D eigenvalue weighted by Gasteiger charge is 2.20. The van der Waals surface area contributed by atoms with E-state index in [-0.39, 0.29) is 11.7 Å². The van der Waals surface area contributed by atoms with E-state index >= 15 is 0 Å². The lowest BCUT2D eigenvalue weighted by Crippen LogP contribution is -2.15. The molecule has 0 bridgehead atoms. The summed E-state index contributed by atoms with van der Waals surface area (Å²) in [5.41, 5.74) is 8.55. The van der Waals surface area contributed by atoms with Crippen LogP contribution in [0.25, 0.3) is 0 Å². The summed E-state index contributed by atoms with van der Waals surface area (Å²) in [5.74, 6) is -0.0328. The van der Waals surface area contributed by atoms with E-state index in [2.05, 4.69) is 5.32 Å². The van der Waals surface area contributed by atoms with E-state index in [1.807, 2.05) is 6.07 Å². The maximum Gasteiger partial charge on any atom is 0.221 e. The predicted octanol–water partition coefficient (Wildman–Crippen LogP) is 1.75. The van der Waals surface area contributed by atoms with Gasteiger partial charge in [-0.05, 0) is 30.5 Å². The summed E-state index contributed by atoms with van der Waals surface area (Å²) >= 11 is 0. The average molecular weight is 218 g/mol. The molecular weight excluding hydrogens is 204 g/mol. The first-order chi connectivity index (χ1) is 7.58. The number of Topliss-reactive ketones (excluding diaryl/α,β-unsaturated/α-hetero) is 1. The zero-order chi connectivity index (χ0) is 11.7. The van der Waals surface area contributed by atoms with Crippen molar-refractivity contribution in [3.8, 4) is 0 Å². The number of carbonyl (C=O) groups excluding carboxylic acids is 2. The second-order valence-corrected chi connectivity index (χ2v) is 4.06. The van der Waals surface area contributed by atoms with Gasteiger partial charge in [0.15, 0.2) is 5.78 Å². The van der Waals surface area contributed by atoms with Gasteiger partial charge in [0, 0.05) is 30.3 Å². The minimum absolute atomic E-state index is 0.105. The van der Waals surface area contributed by atoms with Crippen LogP contribution in [0.4, 0.5) is 11.4 Å². The number of benzene rings is 1. The van der Waals surface area contributed by atoms with Crippen molar-refractivity contribution in [2.75, 3.05) is 11.1 Å². The number of carbonyl (C=O) groups is 2. The number of aryl methyl sites for hydroxylation is 1. The third-order valence-corrected chi connectivity index (χ3v) is 2.70. The Bertz CT molecular complexity index is 466. The number of amides is 1. The first-order valence-electron chi connectivity index (χ1n) is 5.31. The van der Waals surface area contributed by atoms with E-state index in [0.717, 1.165) is 18.4 Å². The molecule has 0 radical (unpaired) electrons. The number of nitrogens with two attached hydrogens (primary N) is 1. The average Bonchev–Trinajstić information content (AvgIpc) is 2.15. The number of ketones is 1. The number of fused-ring (bicyclic) bond motifs is 1. The highest BCUT2D eigenvalue weighted by molar-refractivity contribution is 6.04. The predicted molar refractivity (Wildman–Crippen MR) is 62.4 cm³/mol. The van der Waals surface area contributed by atoms with Gasteiger partial charge in [0.05, 0.1) is 0 Å². The van der Waals surface area contributed by atoms with Crippen LogP contribution in [0.2, 0.25) is 0 Å². The molecule has 0 aliphatic heterocycles. The van der Waals surface area contributed by atoms with E-state index in [1.54, 1.807) is 6.07 Å². The Balaban J connectivity index is 2.45. The van der Waals surface area contributed by atoms with Crippen molar-refractivity contribution in [3.63, 3.8) is 0 Å². The topological polar surface area (TPSA) is 72.2 Å². The Morgan fingerprint density at radius 1 is 1.38 bits per heavy atom. The van der Waals surface area contributed by atoms with Crippen molar-refractivity contribution in [1.29, 1.82) is 0 Å². The monoisotopic (exact) mass is 218 g/mol. The molecule has 0 aromatic heterocycles. The molecule has 0 spiro atoms. The minimum atomic E-state index is -0.138. The fourth-order valence-corrected chi connectivity index (χ4v) is 2.10. The van der Waals surface area contributed by atoms with Crippen LogP contribution in [-0.4, -0.2) is 11.7 Å². The molecule has 1 amide bonds. The number of nitrogen functional groups attached to an aromatic ring is 1. The molecular formula is C12H14N2O2. The zero-order valence-corrected chi connectivity index (χ0v) is 9.17. The quantitative estimate of drug-likeness (QED) is 0.705. The molecule has 16 heavy (non-hydrogen) atoms. The smallest absolute Gasteiger partial charge is 0.221 e. The summed E-state index contributed by atoms with van der Waals surface area (Å²) in [6.45, 7) is 1.45. The molecule has 0 unspecified atom stereocenters. The van der Waals surface area contributed by atoms with Crippen molar-refractivity contribution < 1.29 is 9.59 Å². The van der Waals surface area contributed by atoms with E-state index in [0.29, 0.717) is 23.4 Å². The van der Waals surface area contributed by atoms with Gasteiger partial charge in [0.1, 0.15) is 0 Å². The summed E-state index contributed by atoms with van der Waals surface area (Å²) in [6, 6.07) is 3.48. The lowest BCUT2D eigenvalue weighted by molar-refractivity contribution is -0.114. The Kier molecular flexibility index (Phi) is 2.64. The molecule has 1 aromatic rings. The van der Waals surface area contributed by atoms with Crippen molar-refractivity contribution >= 4 is 23.1 Å². The SMILES string of the molecule is CC(=O)Nc1cc(N)c2c(c1)CCCC2=O. The normalized spacial score (nSPS) is 14.4. The molecule has 0 saturated carbocycles. The molecule has 0 atom stereocenters. The Labute approximate surface area is 93.8 Å². The molecule has 4 nitrogen and oxygen atoms in total. The Morgan fingerprint density at radius 2 is 2.12 bits per heavy atom. The van der Waals surface area contributed by atoms with Crippen molar-refractivity contribution in [1.82, 2.24) is 0 Å². The van der Waals surface area contributed by atoms with Gasteiger partial charge in [0.25, 0.3) is 0 Å². The van der Waals surface area contributed by atoms with Gasteiger partial charge in [-0.2, -0.15) is 0 Å². The van der Waals surface area contributed by atoms with Crippen molar-refractivity contribution in [3.05, 3.63) is 23.3 Å². The highest BCUT2D eigenvalue weighted by Crippen LogP contribution is 2.29. The number of rotatable bonds is 1. The molecule has 4 heteroatoms. The Hall–Kier alpha value is -1.84. The van der Waals surface area contributed by atoms with Gasteiger partial charge in [-0.25, -0.2) is 0 Å². The molecule has 0 fully saturated rings. The largest absolute Gasteiger partial charge is 0.398 e. The zero-order valence-electron chi connectivity index (χ0n) is 9.17. The Morgan fingerprint density at radius 3 is 2.81 bits per heavy atom. The van der Waals surface area contributed by atoms with Crippen LogP contribution in [0.15, 0.2) is 12.1 Å². The van der Waals surface area contributed by atoms with Crippen LogP contribution in [0.5, 0.6) is 0 Å². The van der Waals surface area contributed by atoms with E-state index in [4.69, 9.17) is 5.73 Å². The van der Waals surface area contributed by atoms with Crippen molar-refractivity contribution in [2.45, 2.75) is 26.2 Å². The van der Waals surface area contributed by atoms with Gasteiger partial charge >= 0.3 is 0 Å². The van der Waals surface area contributed by atoms with Crippen LogP contribution in [0.3, 0.4) is 0 Å². The summed E-state index contributed by atoms with van der Waals surface area (Å²) < 4.78 is 0. The first kappa shape index (κ1) is 10.7. The molecule has 0 saturated heterocycles. The van der Waals surface area contributed by atoms with Crippen LogP contribution in [0, 0.1) is 0 Å². The molecule has 0 heterocycles. The summed E-state index contributed by atoms with van der Waals surface area (Å²) in [5, 5.41) is 2.68. The lowest BCUT2D eigenvalue weighted by atomic mass is 9.89. The number of hydrogen-bond acceptors (Lipinski definition) is 3. The number of anilines is 2. The van der Waals surface area contributed by atoms with Gasteiger partial charge in [-0.1, -0.05) is 0 Å². The van der Waals surface area contributed by atoms with Crippen LogP contribution in [-0.2, 0) is 11.2 Å². The molecule has 2 rings (SSSR count). The summed E-state index contributed by atoms with van der Waals surface area (Å²) in [4.78, 5) is 22.6. The molecule has 1 aliphatic rings. The van der Waals surface area contributed by atoms with E-state index in [1.165, 1.54) is 6.92 Å². The minimum Gasteiger partial charge on any atom is -0.398 e.